The maximum atomic E-state index is 13.2. The number of hydrogen-bond donors (Lipinski definition) is 2. The standard InChI is InChI=1S/C27H29Cl2N3O4S/c1-17(23-5-4-6-24(28)26(23)29)30-27(33)31-21-7-9-22(10-8-21)37(34,35)16-20-13-18-11-12-32(2)15-19(18)14-25(20)36-3/h4-10,13-14,17H,11-12,15-16H2,1-3H3,(H2,30,31,33). The van der Waals surface area contributed by atoms with Crippen molar-refractivity contribution in [1.82, 2.24) is 10.2 Å². The summed E-state index contributed by atoms with van der Waals surface area (Å²) >= 11 is 12.3. The van der Waals surface area contributed by atoms with Gasteiger partial charge in [0.2, 0.25) is 0 Å². The molecule has 3 aromatic rings. The molecule has 4 rings (SSSR count). The topological polar surface area (TPSA) is 87.7 Å². The third kappa shape index (κ3) is 6.38. The number of hydrogen-bond acceptors (Lipinski definition) is 5. The minimum atomic E-state index is -3.64. The Hall–Kier alpha value is -2.78. The number of nitrogens with zero attached hydrogens (tertiary/aromatic N) is 1. The molecule has 3 aromatic carbocycles. The van der Waals surface area contributed by atoms with Crippen LogP contribution in [0.2, 0.25) is 10.0 Å². The van der Waals surface area contributed by atoms with Crippen molar-refractivity contribution < 1.29 is 17.9 Å². The minimum absolute atomic E-state index is 0.164. The Balaban J connectivity index is 1.44. The molecule has 1 atom stereocenters. The zero-order chi connectivity index (χ0) is 26.7. The first-order chi connectivity index (χ1) is 17.6. The van der Waals surface area contributed by atoms with Gasteiger partial charge in [-0.15, -0.1) is 0 Å². The molecule has 2 amide bonds. The molecule has 0 aliphatic carbocycles. The maximum Gasteiger partial charge on any atom is 0.319 e. The van der Waals surface area contributed by atoms with Gasteiger partial charge in [0.25, 0.3) is 0 Å². The van der Waals surface area contributed by atoms with Gasteiger partial charge in [-0.3, -0.25) is 0 Å². The number of nitrogens with one attached hydrogen (secondary N) is 2. The molecule has 196 valence electrons. The number of fused-ring (bicyclic) bond motifs is 1. The SMILES string of the molecule is COc1cc2c(cc1CS(=O)(=O)c1ccc(NC(=O)NC(C)c3cccc(Cl)c3Cl)cc1)CCN(C)C2. The number of halogens is 2. The fraction of sp³-hybridized carbons (Fsp3) is 0.296. The highest BCUT2D eigenvalue weighted by molar-refractivity contribution is 7.90. The van der Waals surface area contributed by atoms with Crippen molar-refractivity contribution in [1.29, 1.82) is 0 Å². The van der Waals surface area contributed by atoms with Gasteiger partial charge in [-0.05, 0) is 73.5 Å². The fourth-order valence-electron chi connectivity index (χ4n) is 4.41. The van der Waals surface area contributed by atoms with E-state index in [9.17, 15) is 13.2 Å². The van der Waals surface area contributed by atoms with Crippen molar-refractivity contribution in [2.24, 2.45) is 0 Å². The van der Waals surface area contributed by atoms with E-state index < -0.39 is 21.9 Å². The van der Waals surface area contributed by atoms with Crippen molar-refractivity contribution in [3.63, 3.8) is 0 Å². The summed E-state index contributed by atoms with van der Waals surface area (Å²) in [7, 11) is -0.0246. The van der Waals surface area contributed by atoms with Gasteiger partial charge in [0.05, 0.1) is 33.8 Å². The van der Waals surface area contributed by atoms with Gasteiger partial charge in [-0.2, -0.15) is 0 Å². The zero-order valence-corrected chi connectivity index (χ0v) is 23.2. The van der Waals surface area contributed by atoms with Crippen LogP contribution in [-0.2, 0) is 28.6 Å². The van der Waals surface area contributed by atoms with Crippen LogP contribution in [0.15, 0.2) is 59.5 Å². The lowest BCUT2D eigenvalue weighted by atomic mass is 9.97. The van der Waals surface area contributed by atoms with E-state index >= 15 is 0 Å². The van der Waals surface area contributed by atoms with Gasteiger partial charge in [0.1, 0.15) is 5.75 Å². The Morgan fingerprint density at radius 3 is 2.54 bits per heavy atom. The Morgan fingerprint density at radius 1 is 1.11 bits per heavy atom. The van der Waals surface area contributed by atoms with E-state index in [1.165, 1.54) is 12.1 Å². The van der Waals surface area contributed by atoms with Crippen LogP contribution >= 0.6 is 23.2 Å². The molecule has 7 nitrogen and oxygen atoms in total. The second kappa shape index (κ2) is 11.3. The van der Waals surface area contributed by atoms with Crippen LogP contribution < -0.4 is 15.4 Å². The highest BCUT2D eigenvalue weighted by Gasteiger charge is 2.22. The van der Waals surface area contributed by atoms with Gasteiger partial charge in [0, 0.05) is 24.3 Å². The summed E-state index contributed by atoms with van der Waals surface area (Å²) < 4.78 is 31.9. The molecule has 0 saturated heterocycles. The average molecular weight is 563 g/mol. The number of carbonyl (C=O) groups excluding carboxylic acids is 1. The van der Waals surface area contributed by atoms with Gasteiger partial charge < -0.3 is 20.3 Å². The third-order valence-corrected chi connectivity index (χ3v) is 8.93. The molecule has 1 aliphatic heterocycles. The van der Waals surface area contributed by atoms with E-state index in [0.29, 0.717) is 32.6 Å². The van der Waals surface area contributed by atoms with Gasteiger partial charge >= 0.3 is 6.03 Å². The lowest BCUT2D eigenvalue weighted by Crippen LogP contribution is -2.31. The summed E-state index contributed by atoms with van der Waals surface area (Å²) in [5.74, 6) is 0.395. The predicted molar refractivity (Wildman–Crippen MR) is 147 cm³/mol. The number of anilines is 1. The molecule has 0 fully saturated rings. The molecule has 0 spiro atoms. The van der Waals surface area contributed by atoms with E-state index in [-0.39, 0.29) is 10.6 Å². The number of urea groups is 1. The molecular formula is C27H29Cl2N3O4S. The first-order valence-electron chi connectivity index (χ1n) is 11.8. The Labute approximate surface area is 227 Å². The highest BCUT2D eigenvalue weighted by Crippen LogP contribution is 2.31. The molecule has 37 heavy (non-hydrogen) atoms. The Kier molecular flexibility index (Phi) is 8.33. The number of carbonyl (C=O) groups is 1. The fourth-order valence-corrected chi connectivity index (χ4v) is 6.24. The summed E-state index contributed by atoms with van der Waals surface area (Å²) in [5.41, 5.74) is 4.10. The van der Waals surface area contributed by atoms with E-state index in [2.05, 4.69) is 22.6 Å². The average Bonchev–Trinajstić information content (AvgIpc) is 2.85. The molecule has 2 N–H and O–H groups in total. The quantitative estimate of drug-likeness (QED) is 0.378. The number of sulfone groups is 1. The zero-order valence-electron chi connectivity index (χ0n) is 20.8. The molecule has 0 saturated carbocycles. The number of amides is 2. The highest BCUT2D eigenvalue weighted by atomic mass is 35.5. The summed E-state index contributed by atoms with van der Waals surface area (Å²) in [6.45, 7) is 3.53. The first kappa shape index (κ1) is 27.3. The molecule has 0 radical (unpaired) electrons. The van der Waals surface area contributed by atoms with E-state index in [0.717, 1.165) is 30.6 Å². The number of rotatable bonds is 7. The molecular weight excluding hydrogens is 533 g/mol. The second-order valence-corrected chi connectivity index (χ2v) is 11.9. The summed E-state index contributed by atoms with van der Waals surface area (Å²) in [6, 6.07) is 14.4. The van der Waals surface area contributed by atoms with Crippen LogP contribution in [0, 0.1) is 0 Å². The van der Waals surface area contributed by atoms with Crippen molar-refractivity contribution in [3.8, 4) is 5.75 Å². The Morgan fingerprint density at radius 2 is 1.84 bits per heavy atom. The van der Waals surface area contributed by atoms with Gasteiger partial charge in [-0.1, -0.05) is 41.4 Å². The van der Waals surface area contributed by atoms with Crippen LogP contribution in [0.25, 0.3) is 0 Å². The molecule has 0 bridgehead atoms. The van der Waals surface area contributed by atoms with E-state index in [1.54, 1.807) is 44.4 Å². The molecule has 10 heteroatoms. The lowest BCUT2D eigenvalue weighted by molar-refractivity contribution is 0.249. The summed E-state index contributed by atoms with van der Waals surface area (Å²) in [4.78, 5) is 14.9. The summed E-state index contributed by atoms with van der Waals surface area (Å²) in [6.07, 6.45) is 0.868. The molecule has 0 aromatic heterocycles. The van der Waals surface area contributed by atoms with E-state index in [1.807, 2.05) is 12.1 Å². The largest absolute Gasteiger partial charge is 0.496 e. The molecule has 1 aliphatic rings. The molecule has 1 heterocycles. The Bertz CT molecular complexity index is 1410. The van der Waals surface area contributed by atoms with Crippen molar-refractivity contribution in [3.05, 3.63) is 86.9 Å². The number of benzene rings is 3. The smallest absolute Gasteiger partial charge is 0.319 e. The van der Waals surface area contributed by atoms with Crippen LogP contribution in [-0.4, -0.2) is 40.1 Å². The normalized spacial score (nSPS) is 14.5. The van der Waals surface area contributed by atoms with E-state index in [4.69, 9.17) is 27.9 Å². The second-order valence-electron chi connectivity index (χ2n) is 9.17. The summed E-state index contributed by atoms with van der Waals surface area (Å²) in [5, 5.41) is 6.31. The number of ether oxygens (including phenoxy) is 1. The van der Waals surface area contributed by atoms with Crippen LogP contribution in [0.1, 0.15) is 35.2 Å². The number of likely N-dealkylation sites (N-methyl/N-ethyl adjacent to an activating group) is 1. The van der Waals surface area contributed by atoms with Crippen LogP contribution in [0.3, 0.4) is 0 Å². The van der Waals surface area contributed by atoms with Gasteiger partial charge in [-0.25, -0.2) is 13.2 Å². The third-order valence-electron chi connectivity index (χ3n) is 6.42. The number of methoxy groups -OCH3 is 1. The van der Waals surface area contributed by atoms with Crippen molar-refractivity contribution >= 4 is 44.8 Å². The van der Waals surface area contributed by atoms with Crippen molar-refractivity contribution in [2.75, 3.05) is 26.0 Å². The van der Waals surface area contributed by atoms with Gasteiger partial charge in [0.15, 0.2) is 9.84 Å². The van der Waals surface area contributed by atoms with Crippen LogP contribution in [0.5, 0.6) is 5.75 Å². The lowest BCUT2D eigenvalue weighted by Gasteiger charge is -2.26. The predicted octanol–water partition coefficient (Wildman–Crippen LogP) is 5.85. The minimum Gasteiger partial charge on any atom is -0.496 e. The van der Waals surface area contributed by atoms with Crippen LogP contribution in [0.4, 0.5) is 10.5 Å². The first-order valence-corrected chi connectivity index (χ1v) is 14.2. The monoisotopic (exact) mass is 561 g/mol. The maximum absolute atomic E-state index is 13.2. The molecule has 1 unspecified atom stereocenters. The van der Waals surface area contributed by atoms with Crippen molar-refractivity contribution in [2.45, 2.75) is 36.6 Å².